The lowest BCUT2D eigenvalue weighted by Crippen LogP contribution is -2.23. The molecule has 0 aliphatic rings. The van der Waals surface area contributed by atoms with Crippen LogP contribution in [-0.2, 0) is 31.0 Å². The summed E-state index contributed by atoms with van der Waals surface area (Å²) < 4.78 is 60.5. The molecule has 6 rings (SSSR count). The number of hydrogen-bond donors (Lipinski definition) is 5. The lowest BCUT2D eigenvalue weighted by molar-refractivity contribution is 0.0549. The summed E-state index contributed by atoms with van der Waals surface area (Å²) in [5, 5.41) is 22.0. The Labute approximate surface area is 379 Å². The number of carboxylic acid groups (broad SMARTS) is 1. The molecule has 6 aromatic carbocycles. The van der Waals surface area contributed by atoms with E-state index in [0.717, 1.165) is 16.2 Å². The van der Waals surface area contributed by atoms with Crippen LogP contribution in [-0.4, -0.2) is 59.6 Å². The van der Waals surface area contributed by atoms with Crippen molar-refractivity contribution in [3.05, 3.63) is 178 Å². The van der Waals surface area contributed by atoms with E-state index in [0.29, 0.717) is 45.4 Å². The summed E-state index contributed by atoms with van der Waals surface area (Å²) >= 11 is 12.4. The van der Waals surface area contributed by atoms with Crippen LogP contribution in [0.15, 0.2) is 156 Å². The third-order valence-electron chi connectivity index (χ3n) is 9.46. The van der Waals surface area contributed by atoms with Gasteiger partial charge in [0.1, 0.15) is 6.61 Å². The Balaban J connectivity index is 1.07. The number of sulfone groups is 1. The second-order valence-electron chi connectivity index (χ2n) is 14.0. The molecule has 0 radical (unpaired) electrons. The number of rotatable bonds is 18. The zero-order valence-electron chi connectivity index (χ0n) is 33.8. The van der Waals surface area contributed by atoms with Gasteiger partial charge in [-0.15, -0.1) is 6.58 Å². The van der Waals surface area contributed by atoms with Crippen molar-refractivity contribution in [1.82, 2.24) is 4.72 Å². The van der Waals surface area contributed by atoms with Crippen LogP contribution in [0.4, 0.5) is 21.9 Å². The number of urea groups is 1. The average Bonchev–Trinajstić information content (AvgIpc) is 3.26. The molecule has 0 aromatic heterocycles. The van der Waals surface area contributed by atoms with Gasteiger partial charge in [-0.25, -0.2) is 35.9 Å². The molecule has 2 amide bonds. The van der Waals surface area contributed by atoms with Crippen molar-refractivity contribution in [3.8, 4) is 0 Å². The summed E-state index contributed by atoms with van der Waals surface area (Å²) in [4.78, 5) is 37.1. The molecule has 0 bridgehead atoms. The van der Waals surface area contributed by atoms with Gasteiger partial charge >= 0.3 is 18.0 Å². The highest BCUT2D eigenvalue weighted by Crippen LogP contribution is 2.28. The Bertz CT molecular complexity index is 3120. The van der Waals surface area contributed by atoms with E-state index >= 15 is 0 Å². The number of carboxylic acids is 1. The largest absolute Gasteiger partial charge is 0.478 e. The molecule has 0 unspecified atom stereocenters. The van der Waals surface area contributed by atoms with Gasteiger partial charge in [-0.3, -0.25) is 0 Å². The second-order valence-corrected chi connectivity index (χ2v) is 18.4. The van der Waals surface area contributed by atoms with Crippen LogP contribution >= 0.6 is 23.2 Å². The first kappa shape index (κ1) is 46.7. The first-order valence-corrected chi connectivity index (χ1v) is 23.1. The van der Waals surface area contributed by atoms with Crippen molar-refractivity contribution < 1.29 is 41.1 Å². The number of ether oxygens (including phenoxy) is 1. The van der Waals surface area contributed by atoms with Crippen molar-refractivity contribution in [2.75, 3.05) is 35.6 Å². The van der Waals surface area contributed by atoms with Gasteiger partial charge in [0.15, 0.2) is 9.84 Å². The molecule has 0 saturated carbocycles. The quantitative estimate of drug-likeness (QED) is 0.0408. The molecule has 0 atom stereocenters. The number of allylic oxidation sites excluding steroid dienone is 1. The lowest BCUT2D eigenvalue weighted by Gasteiger charge is -2.11. The highest BCUT2D eigenvalue weighted by Gasteiger charge is 2.17. The van der Waals surface area contributed by atoms with Crippen molar-refractivity contribution in [2.45, 2.75) is 16.2 Å². The monoisotopic (exact) mass is 938 g/mol. The molecule has 0 aliphatic carbocycles. The third-order valence-corrected chi connectivity index (χ3v) is 13.1. The van der Waals surface area contributed by atoms with Crippen LogP contribution in [0, 0.1) is 0 Å². The number of amides is 2. The number of aromatic carboxylic acids is 1. The Morgan fingerprint density at radius 1 is 0.672 bits per heavy atom. The maximum atomic E-state index is 13.3. The number of benzene rings is 6. The summed E-state index contributed by atoms with van der Waals surface area (Å²) in [7, 11) is -7.84. The van der Waals surface area contributed by atoms with E-state index in [-0.39, 0.29) is 50.7 Å². The predicted octanol–water partition coefficient (Wildman–Crippen LogP) is 10.1. The van der Waals surface area contributed by atoms with Gasteiger partial charge in [-0.1, -0.05) is 90.5 Å². The third kappa shape index (κ3) is 11.8. The molecule has 0 heterocycles. The summed E-state index contributed by atoms with van der Waals surface area (Å²) in [6.07, 6.45) is 8.01. The Hall–Kier alpha value is -6.75. The van der Waals surface area contributed by atoms with Crippen molar-refractivity contribution in [1.29, 1.82) is 0 Å². The summed E-state index contributed by atoms with van der Waals surface area (Å²) in [5.74, 6) is -1.80. The number of anilines is 3. The van der Waals surface area contributed by atoms with E-state index in [1.54, 1.807) is 85.0 Å². The lowest BCUT2D eigenvalue weighted by atomic mass is 10.1. The van der Waals surface area contributed by atoms with E-state index < -0.39 is 37.8 Å². The van der Waals surface area contributed by atoms with Crippen molar-refractivity contribution in [3.63, 3.8) is 0 Å². The Morgan fingerprint density at radius 2 is 1.31 bits per heavy atom. The van der Waals surface area contributed by atoms with Gasteiger partial charge < -0.3 is 25.8 Å². The molecule has 0 aliphatic heterocycles. The molecule has 6 aromatic rings. The minimum Gasteiger partial charge on any atom is -0.478 e. The van der Waals surface area contributed by atoms with Crippen LogP contribution in [0.2, 0.25) is 10.0 Å². The number of esters is 1. The molecule has 0 saturated heterocycles. The summed E-state index contributed by atoms with van der Waals surface area (Å²) in [6, 6.07) is 26.5. The predicted molar refractivity (Wildman–Crippen MR) is 254 cm³/mol. The van der Waals surface area contributed by atoms with Crippen LogP contribution < -0.4 is 20.7 Å². The van der Waals surface area contributed by atoms with Crippen molar-refractivity contribution in [2.24, 2.45) is 0 Å². The smallest absolute Gasteiger partial charge is 0.339 e. The maximum absolute atomic E-state index is 13.3. The second kappa shape index (κ2) is 20.6. The highest BCUT2D eigenvalue weighted by molar-refractivity contribution is 7.94. The SMILES string of the molecule is C=CCOC(=O)c1cc(C=CCNS(=O)(=O)c2ccc3ccc(NC(=O)Nc4ccc5ccc(S(=O)(=O)C=CCNc6cc(CC=C)c(Cl)c(C(=O)O)c6)cc5c4)cc3c2)ccc1Cl. The van der Waals surface area contributed by atoms with Crippen LogP contribution in [0.1, 0.15) is 31.8 Å². The topological polar surface area (TPSA) is 197 Å². The normalized spacial score (nSPS) is 11.8. The molecule has 5 N–H and O–H groups in total. The first-order valence-electron chi connectivity index (χ1n) is 19.3. The van der Waals surface area contributed by atoms with Crippen LogP contribution in [0.3, 0.4) is 0 Å². The van der Waals surface area contributed by atoms with Gasteiger partial charge in [0.25, 0.3) is 0 Å². The highest BCUT2D eigenvalue weighted by atomic mass is 35.5. The number of hydrogen-bond acceptors (Lipinski definition) is 9. The number of carbonyl (C=O) groups is 3. The zero-order chi connectivity index (χ0) is 46.0. The molecule has 0 spiro atoms. The van der Waals surface area contributed by atoms with E-state index in [2.05, 4.69) is 33.8 Å². The molecule has 64 heavy (non-hydrogen) atoms. The Morgan fingerprint density at radius 3 is 1.95 bits per heavy atom. The minimum atomic E-state index is -3.95. The molecule has 17 heteroatoms. The van der Waals surface area contributed by atoms with Crippen molar-refractivity contribution >= 4 is 106 Å². The molecule has 328 valence electrons. The number of sulfonamides is 1. The standard InChI is InChI=1S/C47H40Cl2N4O9S2/c1-3-7-33-24-38(29-42(44(33)49)45(54)55)50-19-6-22-63(58,59)39-16-12-31-10-14-36(25-34(31)27-39)52-47(57)53-37-15-11-32-13-17-40(28-35(32)26-37)64(60,61)51-20-5-8-30-9-18-43(48)41(23-30)46(56)62-21-4-2/h3-6,8-18,22-29,50-51H,1-2,7,19-21H2,(H,54,55)(H2,52,53,57). The number of carbonyl (C=O) groups excluding carboxylic acids is 2. The Kier molecular flexibility index (Phi) is 15.1. The molecular weight excluding hydrogens is 900 g/mol. The van der Waals surface area contributed by atoms with Crippen LogP contribution in [0.5, 0.6) is 0 Å². The van der Waals surface area contributed by atoms with E-state index in [1.165, 1.54) is 48.6 Å². The fourth-order valence-corrected chi connectivity index (χ4v) is 8.90. The molecular formula is C47H40Cl2N4O9S2. The van der Waals surface area contributed by atoms with Gasteiger partial charge in [0, 0.05) is 35.6 Å². The number of nitrogens with one attached hydrogen (secondary N) is 4. The van der Waals surface area contributed by atoms with Gasteiger partial charge in [0.05, 0.1) is 31.0 Å². The number of halogens is 2. The van der Waals surface area contributed by atoms with Gasteiger partial charge in [-0.2, -0.15) is 0 Å². The average molecular weight is 940 g/mol. The maximum Gasteiger partial charge on any atom is 0.339 e. The first-order chi connectivity index (χ1) is 30.6. The van der Waals surface area contributed by atoms with E-state index in [9.17, 15) is 36.3 Å². The summed E-state index contributed by atoms with van der Waals surface area (Å²) in [5.41, 5.74) is 2.47. The van der Waals surface area contributed by atoms with E-state index in [1.807, 2.05) is 0 Å². The fourth-order valence-electron chi connectivity index (χ4n) is 6.37. The number of fused-ring (bicyclic) bond motifs is 2. The van der Waals surface area contributed by atoms with E-state index in [4.69, 9.17) is 27.9 Å². The summed E-state index contributed by atoms with van der Waals surface area (Å²) in [6.45, 7) is 7.23. The van der Waals surface area contributed by atoms with Crippen LogP contribution in [0.25, 0.3) is 27.6 Å². The fraction of sp³-hybridized carbons (Fsp3) is 0.0851. The van der Waals surface area contributed by atoms with Gasteiger partial charge in [-0.05, 0) is 112 Å². The minimum absolute atomic E-state index is 0.00507. The zero-order valence-corrected chi connectivity index (χ0v) is 37.0. The molecule has 0 fully saturated rings. The molecule has 13 nitrogen and oxygen atoms in total. The van der Waals surface area contributed by atoms with Gasteiger partial charge in [0.2, 0.25) is 10.0 Å².